The Kier molecular flexibility index (Phi) is 4.02. The van der Waals surface area contributed by atoms with Gasteiger partial charge < -0.3 is 15.2 Å². The van der Waals surface area contributed by atoms with Crippen LogP contribution >= 0.6 is 0 Å². The standard InChI is InChI=1S/C14H21NO2/c1-10-3-6-14(11(2)7-10)17-9-13(16)8-15-12-4-5-12/h3,6-7,12-13,15-16H,4-5,8-9H2,1-2H3. The summed E-state index contributed by atoms with van der Waals surface area (Å²) in [6.45, 7) is 5.06. The number of aryl methyl sites for hydroxylation is 2. The number of ether oxygens (including phenoxy) is 1. The van der Waals surface area contributed by atoms with Crippen molar-refractivity contribution >= 4 is 0 Å². The van der Waals surface area contributed by atoms with Crippen LogP contribution in [0.15, 0.2) is 18.2 Å². The molecule has 1 aromatic rings. The summed E-state index contributed by atoms with van der Waals surface area (Å²) in [7, 11) is 0. The third-order valence-electron chi connectivity index (χ3n) is 2.98. The minimum Gasteiger partial charge on any atom is -0.491 e. The summed E-state index contributed by atoms with van der Waals surface area (Å²) in [5.41, 5.74) is 2.35. The molecule has 3 heteroatoms. The van der Waals surface area contributed by atoms with Crippen LogP contribution in [0.3, 0.4) is 0 Å². The quantitative estimate of drug-likeness (QED) is 0.790. The van der Waals surface area contributed by atoms with E-state index < -0.39 is 6.10 Å². The second-order valence-corrected chi connectivity index (χ2v) is 4.92. The fourth-order valence-electron chi connectivity index (χ4n) is 1.80. The molecule has 1 fully saturated rings. The Bertz CT molecular complexity index is 374. The lowest BCUT2D eigenvalue weighted by atomic mass is 10.1. The SMILES string of the molecule is Cc1ccc(OCC(O)CNC2CC2)c(C)c1. The van der Waals surface area contributed by atoms with Crippen LogP contribution in [0.1, 0.15) is 24.0 Å². The predicted molar refractivity (Wildman–Crippen MR) is 68.4 cm³/mol. The summed E-state index contributed by atoms with van der Waals surface area (Å²) in [6.07, 6.45) is 2.05. The highest BCUT2D eigenvalue weighted by Crippen LogP contribution is 2.19. The third kappa shape index (κ3) is 4.02. The molecule has 1 aliphatic rings. The lowest BCUT2D eigenvalue weighted by Gasteiger charge is -2.14. The van der Waals surface area contributed by atoms with Crippen LogP contribution in [0.25, 0.3) is 0 Å². The van der Waals surface area contributed by atoms with Crippen LogP contribution in [0.5, 0.6) is 5.75 Å². The molecule has 0 heterocycles. The van der Waals surface area contributed by atoms with Crippen molar-refractivity contribution in [1.82, 2.24) is 5.32 Å². The highest BCUT2D eigenvalue weighted by atomic mass is 16.5. The normalized spacial score (nSPS) is 16.9. The van der Waals surface area contributed by atoms with Crippen LogP contribution in [-0.2, 0) is 0 Å². The van der Waals surface area contributed by atoms with Crippen molar-refractivity contribution in [3.05, 3.63) is 29.3 Å². The molecule has 0 spiro atoms. The van der Waals surface area contributed by atoms with Gasteiger partial charge in [-0.05, 0) is 38.3 Å². The average molecular weight is 235 g/mol. The van der Waals surface area contributed by atoms with Gasteiger partial charge in [0.25, 0.3) is 0 Å². The number of hydrogen-bond donors (Lipinski definition) is 2. The molecule has 2 N–H and O–H groups in total. The van der Waals surface area contributed by atoms with E-state index in [1.165, 1.54) is 18.4 Å². The van der Waals surface area contributed by atoms with Gasteiger partial charge in [-0.1, -0.05) is 17.7 Å². The van der Waals surface area contributed by atoms with E-state index in [1.54, 1.807) is 0 Å². The number of aliphatic hydroxyl groups excluding tert-OH is 1. The van der Waals surface area contributed by atoms with Crippen LogP contribution in [-0.4, -0.2) is 30.4 Å². The molecule has 1 aliphatic carbocycles. The van der Waals surface area contributed by atoms with E-state index in [-0.39, 0.29) is 0 Å². The van der Waals surface area contributed by atoms with E-state index in [4.69, 9.17) is 4.74 Å². The molecule has 94 valence electrons. The number of nitrogens with one attached hydrogen (secondary N) is 1. The summed E-state index contributed by atoms with van der Waals surface area (Å²) in [6, 6.07) is 6.71. The zero-order chi connectivity index (χ0) is 12.3. The summed E-state index contributed by atoms with van der Waals surface area (Å²) >= 11 is 0. The van der Waals surface area contributed by atoms with Crippen LogP contribution in [0.2, 0.25) is 0 Å². The van der Waals surface area contributed by atoms with Gasteiger partial charge >= 0.3 is 0 Å². The van der Waals surface area contributed by atoms with Crippen LogP contribution in [0.4, 0.5) is 0 Å². The van der Waals surface area contributed by atoms with Gasteiger partial charge in [0.05, 0.1) is 0 Å². The molecule has 0 aromatic heterocycles. The summed E-state index contributed by atoms with van der Waals surface area (Å²) in [4.78, 5) is 0. The van der Waals surface area contributed by atoms with Gasteiger partial charge in [-0.25, -0.2) is 0 Å². The van der Waals surface area contributed by atoms with Crippen molar-refractivity contribution < 1.29 is 9.84 Å². The van der Waals surface area contributed by atoms with Crippen LogP contribution < -0.4 is 10.1 Å². The second-order valence-electron chi connectivity index (χ2n) is 4.92. The van der Waals surface area contributed by atoms with Gasteiger partial charge in [-0.15, -0.1) is 0 Å². The van der Waals surface area contributed by atoms with E-state index in [2.05, 4.69) is 18.3 Å². The largest absolute Gasteiger partial charge is 0.491 e. The van der Waals surface area contributed by atoms with Crippen molar-refractivity contribution in [1.29, 1.82) is 0 Å². The number of rotatable bonds is 6. The van der Waals surface area contributed by atoms with E-state index in [9.17, 15) is 5.11 Å². The van der Waals surface area contributed by atoms with Crippen molar-refractivity contribution in [2.24, 2.45) is 0 Å². The maximum atomic E-state index is 9.75. The third-order valence-corrected chi connectivity index (χ3v) is 2.98. The van der Waals surface area contributed by atoms with Gasteiger partial charge in [0.15, 0.2) is 0 Å². The molecule has 1 unspecified atom stereocenters. The lowest BCUT2D eigenvalue weighted by Crippen LogP contribution is -2.32. The highest BCUT2D eigenvalue weighted by molar-refractivity contribution is 5.35. The number of hydrogen-bond acceptors (Lipinski definition) is 3. The van der Waals surface area contributed by atoms with Gasteiger partial charge in [0.1, 0.15) is 18.5 Å². The maximum Gasteiger partial charge on any atom is 0.122 e. The molecule has 3 nitrogen and oxygen atoms in total. The molecule has 1 atom stereocenters. The zero-order valence-corrected chi connectivity index (χ0v) is 10.6. The summed E-state index contributed by atoms with van der Waals surface area (Å²) < 4.78 is 5.62. The topological polar surface area (TPSA) is 41.5 Å². The first kappa shape index (κ1) is 12.4. The fraction of sp³-hybridized carbons (Fsp3) is 0.571. The fourth-order valence-corrected chi connectivity index (χ4v) is 1.80. The molecule has 0 radical (unpaired) electrons. The highest BCUT2D eigenvalue weighted by Gasteiger charge is 2.21. The number of aliphatic hydroxyl groups is 1. The molecule has 0 amide bonds. The Morgan fingerprint density at radius 3 is 2.82 bits per heavy atom. The second kappa shape index (κ2) is 5.52. The van der Waals surface area contributed by atoms with Gasteiger partial charge in [0.2, 0.25) is 0 Å². The molecule has 0 saturated heterocycles. The Morgan fingerprint density at radius 1 is 1.41 bits per heavy atom. The van der Waals surface area contributed by atoms with E-state index in [0.717, 1.165) is 11.3 Å². The van der Waals surface area contributed by atoms with Crippen molar-refractivity contribution in [3.8, 4) is 5.75 Å². The summed E-state index contributed by atoms with van der Waals surface area (Å²) in [5, 5.41) is 13.0. The van der Waals surface area contributed by atoms with E-state index in [1.807, 2.05) is 19.1 Å². The molecular formula is C14H21NO2. The zero-order valence-electron chi connectivity index (χ0n) is 10.6. The Morgan fingerprint density at radius 2 is 2.18 bits per heavy atom. The first-order valence-corrected chi connectivity index (χ1v) is 6.26. The van der Waals surface area contributed by atoms with Crippen LogP contribution in [0, 0.1) is 13.8 Å². The molecule has 1 aromatic carbocycles. The first-order chi connectivity index (χ1) is 8.15. The predicted octanol–water partition coefficient (Wildman–Crippen LogP) is 1.80. The average Bonchev–Trinajstić information content (AvgIpc) is 3.09. The van der Waals surface area contributed by atoms with Crippen molar-refractivity contribution in [3.63, 3.8) is 0 Å². The molecule has 17 heavy (non-hydrogen) atoms. The first-order valence-electron chi connectivity index (χ1n) is 6.26. The maximum absolute atomic E-state index is 9.75. The van der Waals surface area contributed by atoms with Gasteiger partial charge in [-0.3, -0.25) is 0 Å². The summed E-state index contributed by atoms with van der Waals surface area (Å²) in [5.74, 6) is 0.862. The van der Waals surface area contributed by atoms with Gasteiger partial charge in [-0.2, -0.15) is 0 Å². The molecule has 0 aliphatic heterocycles. The minimum atomic E-state index is -0.434. The smallest absolute Gasteiger partial charge is 0.122 e. The molecular weight excluding hydrogens is 214 g/mol. The van der Waals surface area contributed by atoms with Gasteiger partial charge in [0, 0.05) is 12.6 Å². The van der Waals surface area contributed by atoms with Crippen molar-refractivity contribution in [2.45, 2.75) is 38.8 Å². The minimum absolute atomic E-state index is 0.351. The number of benzene rings is 1. The molecule has 0 bridgehead atoms. The Hall–Kier alpha value is -1.06. The Labute approximate surface area is 103 Å². The van der Waals surface area contributed by atoms with E-state index >= 15 is 0 Å². The van der Waals surface area contributed by atoms with Crippen molar-refractivity contribution in [2.75, 3.05) is 13.2 Å². The Balaban J connectivity index is 1.75. The lowest BCUT2D eigenvalue weighted by molar-refractivity contribution is 0.106. The van der Waals surface area contributed by atoms with E-state index in [0.29, 0.717) is 19.2 Å². The molecule has 2 rings (SSSR count). The molecule has 1 saturated carbocycles. The monoisotopic (exact) mass is 235 g/mol.